The van der Waals surface area contributed by atoms with Crippen molar-refractivity contribution in [3.8, 4) is 0 Å². The monoisotopic (exact) mass is 231 g/mol. The lowest BCUT2D eigenvalue weighted by molar-refractivity contribution is -0.139. The zero-order valence-electron chi connectivity index (χ0n) is 9.55. The second kappa shape index (κ2) is 4.49. The molecular weight excluding hydrogens is 218 g/mol. The molecule has 1 aromatic rings. The molecule has 1 saturated heterocycles. The first-order chi connectivity index (χ1) is 8.11. The molecular formula is C13H13NO3. The smallest absolute Gasteiger partial charge is 0.230 e. The molecule has 0 aromatic heterocycles. The van der Waals surface area contributed by atoms with Crippen LogP contribution in [0, 0.1) is 0 Å². The summed E-state index contributed by atoms with van der Waals surface area (Å²) in [7, 11) is 0. The Morgan fingerprint density at radius 2 is 1.65 bits per heavy atom. The lowest BCUT2D eigenvalue weighted by atomic mass is 10.0. The Kier molecular flexibility index (Phi) is 3.04. The SMILES string of the molecule is C[C@H](C(=O)c1ccccc1)N1C(=O)CCC1=O. The lowest BCUT2D eigenvalue weighted by Gasteiger charge is -2.21. The highest BCUT2D eigenvalue weighted by Gasteiger charge is 2.36. The maximum atomic E-state index is 12.1. The number of carbonyl (C=O) groups is 3. The predicted octanol–water partition coefficient (Wildman–Crippen LogP) is 1.41. The maximum Gasteiger partial charge on any atom is 0.230 e. The van der Waals surface area contributed by atoms with Crippen molar-refractivity contribution in [3.63, 3.8) is 0 Å². The molecule has 0 bridgehead atoms. The van der Waals surface area contributed by atoms with Gasteiger partial charge in [-0.25, -0.2) is 0 Å². The van der Waals surface area contributed by atoms with E-state index in [2.05, 4.69) is 0 Å². The molecule has 1 heterocycles. The van der Waals surface area contributed by atoms with Crippen LogP contribution >= 0.6 is 0 Å². The van der Waals surface area contributed by atoms with Crippen LogP contribution in [0.1, 0.15) is 30.1 Å². The average molecular weight is 231 g/mol. The summed E-state index contributed by atoms with van der Waals surface area (Å²) in [5, 5.41) is 0. The van der Waals surface area contributed by atoms with E-state index in [1.807, 2.05) is 6.07 Å². The number of carbonyl (C=O) groups excluding carboxylic acids is 3. The summed E-state index contributed by atoms with van der Waals surface area (Å²) in [6.45, 7) is 1.59. The summed E-state index contributed by atoms with van der Waals surface area (Å²) in [6.07, 6.45) is 0.427. The van der Waals surface area contributed by atoms with Gasteiger partial charge in [-0.1, -0.05) is 30.3 Å². The van der Waals surface area contributed by atoms with Crippen LogP contribution in [-0.4, -0.2) is 28.5 Å². The van der Waals surface area contributed by atoms with Gasteiger partial charge in [-0.2, -0.15) is 0 Å². The molecule has 1 aliphatic heterocycles. The van der Waals surface area contributed by atoms with E-state index in [1.165, 1.54) is 0 Å². The van der Waals surface area contributed by atoms with E-state index in [0.29, 0.717) is 5.56 Å². The second-order valence-electron chi connectivity index (χ2n) is 4.06. The van der Waals surface area contributed by atoms with Crippen molar-refractivity contribution < 1.29 is 14.4 Å². The first-order valence-electron chi connectivity index (χ1n) is 5.55. The zero-order chi connectivity index (χ0) is 12.4. The van der Waals surface area contributed by atoms with Crippen molar-refractivity contribution >= 4 is 17.6 Å². The zero-order valence-corrected chi connectivity index (χ0v) is 9.55. The fraction of sp³-hybridized carbons (Fsp3) is 0.308. The summed E-state index contributed by atoms with van der Waals surface area (Å²) >= 11 is 0. The third kappa shape index (κ3) is 2.11. The molecule has 0 saturated carbocycles. The Bertz CT molecular complexity index is 451. The number of likely N-dealkylation sites (tertiary alicyclic amines) is 1. The lowest BCUT2D eigenvalue weighted by Crippen LogP contribution is -2.42. The van der Waals surface area contributed by atoms with Crippen molar-refractivity contribution in [2.24, 2.45) is 0 Å². The molecule has 17 heavy (non-hydrogen) atoms. The minimum Gasteiger partial charge on any atom is -0.292 e. The Morgan fingerprint density at radius 1 is 1.12 bits per heavy atom. The van der Waals surface area contributed by atoms with Crippen LogP contribution in [0.15, 0.2) is 30.3 Å². The first kappa shape index (κ1) is 11.5. The number of amides is 2. The summed E-state index contributed by atoms with van der Waals surface area (Å²) < 4.78 is 0. The molecule has 0 unspecified atom stereocenters. The number of rotatable bonds is 3. The average Bonchev–Trinajstić information content (AvgIpc) is 2.68. The van der Waals surface area contributed by atoms with Gasteiger partial charge in [-0.3, -0.25) is 19.3 Å². The molecule has 1 fully saturated rings. The number of Topliss-reactive ketones (excluding diaryl/α,β-unsaturated/α-hetero) is 1. The molecule has 0 aliphatic carbocycles. The highest BCUT2D eigenvalue weighted by Crippen LogP contribution is 2.18. The van der Waals surface area contributed by atoms with E-state index >= 15 is 0 Å². The van der Waals surface area contributed by atoms with E-state index in [-0.39, 0.29) is 30.4 Å². The van der Waals surface area contributed by atoms with Gasteiger partial charge in [-0.15, -0.1) is 0 Å². The molecule has 2 rings (SSSR count). The quantitative estimate of drug-likeness (QED) is 0.583. The molecule has 1 aliphatic rings. The largest absolute Gasteiger partial charge is 0.292 e. The number of ketones is 1. The van der Waals surface area contributed by atoms with Crippen molar-refractivity contribution in [3.05, 3.63) is 35.9 Å². The number of nitrogens with zero attached hydrogens (tertiary/aromatic N) is 1. The number of hydrogen-bond acceptors (Lipinski definition) is 3. The van der Waals surface area contributed by atoms with Crippen LogP contribution in [0.5, 0.6) is 0 Å². The van der Waals surface area contributed by atoms with Crippen molar-refractivity contribution in [2.45, 2.75) is 25.8 Å². The van der Waals surface area contributed by atoms with Crippen molar-refractivity contribution in [1.29, 1.82) is 0 Å². The Morgan fingerprint density at radius 3 is 2.18 bits per heavy atom. The Hall–Kier alpha value is -1.97. The van der Waals surface area contributed by atoms with E-state index in [9.17, 15) is 14.4 Å². The van der Waals surface area contributed by atoms with Gasteiger partial charge >= 0.3 is 0 Å². The Balaban J connectivity index is 2.21. The number of hydrogen-bond donors (Lipinski definition) is 0. The van der Waals surface area contributed by atoms with Gasteiger partial charge in [0, 0.05) is 18.4 Å². The molecule has 2 amide bonds. The molecule has 4 heteroatoms. The highest BCUT2D eigenvalue weighted by molar-refractivity contribution is 6.09. The molecule has 88 valence electrons. The fourth-order valence-electron chi connectivity index (χ4n) is 1.99. The van der Waals surface area contributed by atoms with E-state index in [1.54, 1.807) is 31.2 Å². The molecule has 0 N–H and O–H groups in total. The van der Waals surface area contributed by atoms with Gasteiger partial charge in [0.25, 0.3) is 0 Å². The Labute approximate surface area is 99.2 Å². The van der Waals surface area contributed by atoms with Crippen LogP contribution in [0.3, 0.4) is 0 Å². The van der Waals surface area contributed by atoms with Crippen LogP contribution < -0.4 is 0 Å². The third-order valence-corrected chi connectivity index (χ3v) is 2.92. The first-order valence-corrected chi connectivity index (χ1v) is 5.55. The van der Waals surface area contributed by atoms with Crippen LogP contribution in [-0.2, 0) is 9.59 Å². The molecule has 1 atom stereocenters. The molecule has 1 aromatic carbocycles. The van der Waals surface area contributed by atoms with Crippen molar-refractivity contribution in [2.75, 3.05) is 0 Å². The summed E-state index contributed by atoms with van der Waals surface area (Å²) in [6, 6.07) is 7.99. The summed E-state index contributed by atoms with van der Waals surface area (Å²) in [5.41, 5.74) is 0.521. The van der Waals surface area contributed by atoms with Crippen LogP contribution in [0.4, 0.5) is 0 Å². The number of benzene rings is 1. The highest BCUT2D eigenvalue weighted by atomic mass is 16.2. The van der Waals surface area contributed by atoms with Crippen molar-refractivity contribution in [1.82, 2.24) is 4.90 Å². The van der Waals surface area contributed by atoms with Gasteiger partial charge in [-0.05, 0) is 6.92 Å². The standard InChI is InChI=1S/C13H13NO3/c1-9(14-11(15)7-8-12(14)16)13(17)10-5-3-2-4-6-10/h2-6,9H,7-8H2,1H3/t9-/m1/s1. The minimum atomic E-state index is -0.708. The summed E-state index contributed by atoms with van der Waals surface area (Å²) in [4.78, 5) is 36.2. The minimum absolute atomic E-state index is 0.200. The molecule has 0 radical (unpaired) electrons. The molecule has 0 spiro atoms. The summed E-state index contributed by atoms with van der Waals surface area (Å²) in [5.74, 6) is -0.715. The van der Waals surface area contributed by atoms with E-state index in [4.69, 9.17) is 0 Å². The van der Waals surface area contributed by atoms with Gasteiger partial charge in [0.05, 0.1) is 6.04 Å². The second-order valence-corrected chi connectivity index (χ2v) is 4.06. The van der Waals surface area contributed by atoms with Gasteiger partial charge in [0.1, 0.15) is 0 Å². The topological polar surface area (TPSA) is 54.5 Å². The van der Waals surface area contributed by atoms with Crippen LogP contribution in [0.25, 0.3) is 0 Å². The number of imide groups is 1. The van der Waals surface area contributed by atoms with Gasteiger partial charge in [0.15, 0.2) is 5.78 Å². The van der Waals surface area contributed by atoms with E-state index < -0.39 is 6.04 Å². The van der Waals surface area contributed by atoms with Crippen LogP contribution in [0.2, 0.25) is 0 Å². The fourth-order valence-corrected chi connectivity index (χ4v) is 1.99. The van der Waals surface area contributed by atoms with E-state index in [0.717, 1.165) is 4.90 Å². The van der Waals surface area contributed by atoms with Gasteiger partial charge < -0.3 is 0 Å². The maximum absolute atomic E-state index is 12.1. The predicted molar refractivity (Wildman–Crippen MR) is 61.3 cm³/mol. The third-order valence-electron chi connectivity index (χ3n) is 2.92. The van der Waals surface area contributed by atoms with Gasteiger partial charge in [0.2, 0.25) is 11.8 Å². The molecule has 4 nitrogen and oxygen atoms in total. The normalized spacial score (nSPS) is 17.4.